The standard InChI is InChI=1S/C17H15FN4O3/c18-13-3-1-11(2-4-13)16(12-5-7-19-8-6-12)21-14(23)10-22-15(24)9-20-17(22)25/h1-8,16H,9-10H2,(H,20,25)(H,21,23). The van der Waals surface area contributed by atoms with Crippen LogP contribution in [0.2, 0.25) is 0 Å². The molecule has 2 heterocycles. The Kier molecular flexibility index (Phi) is 4.69. The maximum atomic E-state index is 13.2. The van der Waals surface area contributed by atoms with Gasteiger partial charge in [0.15, 0.2) is 0 Å². The Balaban J connectivity index is 1.80. The second kappa shape index (κ2) is 7.08. The van der Waals surface area contributed by atoms with Crippen LogP contribution < -0.4 is 10.6 Å². The molecule has 25 heavy (non-hydrogen) atoms. The number of imide groups is 1. The van der Waals surface area contributed by atoms with E-state index in [4.69, 9.17) is 0 Å². The Bertz CT molecular complexity index is 779. The zero-order valence-electron chi connectivity index (χ0n) is 13.1. The summed E-state index contributed by atoms with van der Waals surface area (Å²) in [4.78, 5) is 40.3. The topological polar surface area (TPSA) is 91.4 Å². The fraction of sp³-hybridized carbons (Fsp3) is 0.176. The van der Waals surface area contributed by atoms with E-state index in [1.54, 1.807) is 36.7 Å². The van der Waals surface area contributed by atoms with Crippen molar-refractivity contribution < 1.29 is 18.8 Å². The number of hydrogen-bond acceptors (Lipinski definition) is 4. The van der Waals surface area contributed by atoms with Crippen molar-refractivity contribution in [2.24, 2.45) is 0 Å². The Morgan fingerprint density at radius 1 is 1.16 bits per heavy atom. The van der Waals surface area contributed by atoms with Crippen LogP contribution in [0.1, 0.15) is 17.2 Å². The summed E-state index contributed by atoms with van der Waals surface area (Å²) >= 11 is 0. The summed E-state index contributed by atoms with van der Waals surface area (Å²) < 4.78 is 13.2. The highest BCUT2D eigenvalue weighted by Gasteiger charge is 2.30. The monoisotopic (exact) mass is 342 g/mol. The predicted molar refractivity (Wildman–Crippen MR) is 85.7 cm³/mol. The number of amides is 4. The van der Waals surface area contributed by atoms with E-state index in [0.717, 1.165) is 10.5 Å². The van der Waals surface area contributed by atoms with Crippen LogP contribution in [0.3, 0.4) is 0 Å². The summed E-state index contributed by atoms with van der Waals surface area (Å²) in [6.45, 7) is -0.495. The molecule has 0 saturated carbocycles. The number of urea groups is 1. The van der Waals surface area contributed by atoms with E-state index >= 15 is 0 Å². The zero-order valence-corrected chi connectivity index (χ0v) is 13.1. The van der Waals surface area contributed by atoms with Crippen LogP contribution in [0.4, 0.5) is 9.18 Å². The number of carbonyl (C=O) groups excluding carboxylic acids is 3. The van der Waals surface area contributed by atoms with E-state index in [2.05, 4.69) is 15.6 Å². The molecular weight excluding hydrogens is 327 g/mol. The van der Waals surface area contributed by atoms with Gasteiger partial charge in [0, 0.05) is 12.4 Å². The first-order valence-corrected chi connectivity index (χ1v) is 7.57. The summed E-state index contributed by atoms with van der Waals surface area (Å²) in [5.41, 5.74) is 1.41. The minimum Gasteiger partial charge on any atom is -0.344 e. The molecule has 128 valence electrons. The van der Waals surface area contributed by atoms with Gasteiger partial charge < -0.3 is 10.6 Å². The van der Waals surface area contributed by atoms with E-state index in [1.807, 2.05) is 0 Å². The fourth-order valence-corrected chi connectivity index (χ4v) is 2.54. The number of nitrogens with zero attached hydrogens (tertiary/aromatic N) is 2. The van der Waals surface area contributed by atoms with Crippen molar-refractivity contribution in [3.63, 3.8) is 0 Å². The highest BCUT2D eigenvalue weighted by atomic mass is 19.1. The molecular formula is C17H15FN4O3. The van der Waals surface area contributed by atoms with Crippen molar-refractivity contribution in [1.29, 1.82) is 0 Å². The van der Waals surface area contributed by atoms with Gasteiger partial charge in [-0.25, -0.2) is 9.18 Å². The van der Waals surface area contributed by atoms with E-state index in [9.17, 15) is 18.8 Å². The average Bonchev–Trinajstić information content (AvgIpc) is 2.93. The van der Waals surface area contributed by atoms with Gasteiger partial charge in [0.25, 0.3) is 5.91 Å². The summed E-state index contributed by atoms with van der Waals surface area (Å²) in [5, 5.41) is 5.13. The van der Waals surface area contributed by atoms with Gasteiger partial charge in [0.05, 0.1) is 12.6 Å². The van der Waals surface area contributed by atoms with Crippen LogP contribution in [0, 0.1) is 5.82 Å². The second-order valence-electron chi connectivity index (χ2n) is 5.47. The molecule has 1 saturated heterocycles. The molecule has 1 atom stereocenters. The molecule has 8 heteroatoms. The Labute approximate surface area is 142 Å². The van der Waals surface area contributed by atoms with Crippen LogP contribution in [0.5, 0.6) is 0 Å². The van der Waals surface area contributed by atoms with Gasteiger partial charge in [-0.3, -0.25) is 19.5 Å². The molecule has 2 aromatic rings. The largest absolute Gasteiger partial charge is 0.344 e. The van der Waals surface area contributed by atoms with E-state index < -0.39 is 23.9 Å². The number of carbonyl (C=O) groups is 3. The molecule has 1 aliphatic rings. The highest BCUT2D eigenvalue weighted by molar-refractivity contribution is 6.04. The van der Waals surface area contributed by atoms with Crippen LogP contribution in [0.15, 0.2) is 48.8 Å². The lowest BCUT2D eigenvalue weighted by atomic mass is 9.99. The van der Waals surface area contributed by atoms with E-state index in [-0.39, 0.29) is 18.9 Å². The van der Waals surface area contributed by atoms with Crippen molar-refractivity contribution >= 4 is 17.8 Å². The van der Waals surface area contributed by atoms with Gasteiger partial charge in [-0.1, -0.05) is 12.1 Å². The molecule has 1 aliphatic heterocycles. The third kappa shape index (κ3) is 3.79. The molecule has 0 spiro atoms. The minimum atomic E-state index is -0.595. The molecule has 3 rings (SSSR count). The van der Waals surface area contributed by atoms with Crippen molar-refractivity contribution in [3.8, 4) is 0 Å². The first-order valence-electron chi connectivity index (χ1n) is 7.57. The summed E-state index contributed by atoms with van der Waals surface area (Å²) in [6, 6.07) is 8.02. The van der Waals surface area contributed by atoms with Crippen molar-refractivity contribution in [3.05, 3.63) is 65.7 Å². The van der Waals surface area contributed by atoms with Gasteiger partial charge in [-0.15, -0.1) is 0 Å². The van der Waals surface area contributed by atoms with E-state index in [0.29, 0.717) is 5.56 Å². The lowest BCUT2D eigenvalue weighted by Crippen LogP contribution is -2.42. The number of hydrogen-bond donors (Lipinski definition) is 2. The van der Waals surface area contributed by atoms with Gasteiger partial charge >= 0.3 is 6.03 Å². The first-order chi connectivity index (χ1) is 12.0. The molecule has 1 aromatic heterocycles. The maximum Gasteiger partial charge on any atom is 0.325 e. The average molecular weight is 342 g/mol. The van der Waals surface area contributed by atoms with Gasteiger partial charge in [-0.05, 0) is 35.4 Å². The number of pyridine rings is 1. The van der Waals surface area contributed by atoms with Crippen molar-refractivity contribution in [2.75, 3.05) is 13.1 Å². The highest BCUT2D eigenvalue weighted by Crippen LogP contribution is 2.22. The van der Waals surface area contributed by atoms with Gasteiger partial charge in [0.2, 0.25) is 5.91 Å². The zero-order chi connectivity index (χ0) is 17.8. The third-order valence-electron chi connectivity index (χ3n) is 3.79. The van der Waals surface area contributed by atoms with Crippen LogP contribution in [0.25, 0.3) is 0 Å². The number of benzene rings is 1. The fourth-order valence-electron chi connectivity index (χ4n) is 2.54. The molecule has 2 N–H and O–H groups in total. The molecule has 7 nitrogen and oxygen atoms in total. The minimum absolute atomic E-state index is 0.113. The maximum absolute atomic E-state index is 13.2. The van der Waals surface area contributed by atoms with Crippen molar-refractivity contribution in [1.82, 2.24) is 20.5 Å². The van der Waals surface area contributed by atoms with Crippen LogP contribution >= 0.6 is 0 Å². The number of halogens is 1. The smallest absolute Gasteiger partial charge is 0.325 e. The van der Waals surface area contributed by atoms with E-state index in [1.165, 1.54) is 12.1 Å². The Morgan fingerprint density at radius 3 is 2.40 bits per heavy atom. The quantitative estimate of drug-likeness (QED) is 0.793. The SMILES string of the molecule is O=C(CN1C(=O)CNC1=O)NC(c1ccncc1)c1ccc(F)cc1. The molecule has 1 fully saturated rings. The van der Waals surface area contributed by atoms with Crippen LogP contribution in [-0.2, 0) is 9.59 Å². The first kappa shape index (κ1) is 16.6. The number of aromatic nitrogens is 1. The molecule has 1 aromatic carbocycles. The summed E-state index contributed by atoms with van der Waals surface area (Å²) in [7, 11) is 0. The molecule has 4 amide bonds. The van der Waals surface area contributed by atoms with Crippen LogP contribution in [-0.4, -0.2) is 40.8 Å². The number of rotatable bonds is 5. The lowest BCUT2D eigenvalue weighted by molar-refractivity contribution is -0.130. The van der Waals surface area contributed by atoms with Gasteiger partial charge in [0.1, 0.15) is 12.4 Å². The Hall–Kier alpha value is -3.29. The molecule has 1 unspecified atom stereocenters. The Morgan fingerprint density at radius 2 is 1.80 bits per heavy atom. The third-order valence-corrected chi connectivity index (χ3v) is 3.79. The summed E-state index contributed by atoms with van der Waals surface area (Å²) in [6.07, 6.45) is 3.16. The lowest BCUT2D eigenvalue weighted by Gasteiger charge is -2.21. The molecule has 0 bridgehead atoms. The normalized spacial score (nSPS) is 15.0. The van der Waals surface area contributed by atoms with Gasteiger partial charge in [-0.2, -0.15) is 0 Å². The summed E-state index contributed by atoms with van der Waals surface area (Å²) in [5.74, 6) is -1.35. The second-order valence-corrected chi connectivity index (χ2v) is 5.47. The molecule has 0 radical (unpaired) electrons. The predicted octanol–water partition coefficient (Wildman–Crippen LogP) is 0.978. The molecule has 0 aliphatic carbocycles. The van der Waals surface area contributed by atoms with Crippen molar-refractivity contribution in [2.45, 2.75) is 6.04 Å². The number of nitrogens with one attached hydrogen (secondary N) is 2.